The average molecular weight is 485 g/mol. The number of nitrogens with one attached hydrogen (secondary N) is 2. The number of piperazine rings is 1. The van der Waals surface area contributed by atoms with E-state index >= 15 is 0 Å². The molecule has 0 radical (unpaired) electrons. The SMILES string of the molecule is CCOC(=O)c1sc(NC2=NC(Cl)C=C(N3CCN(C(=O)OC(C)(C)C)CC3)N2)nc1C. The van der Waals surface area contributed by atoms with E-state index < -0.39 is 17.1 Å². The predicted octanol–water partition coefficient (Wildman–Crippen LogP) is 2.96. The van der Waals surface area contributed by atoms with Gasteiger partial charge in [0, 0.05) is 26.2 Å². The zero-order valence-electron chi connectivity index (χ0n) is 18.9. The molecule has 0 aliphatic carbocycles. The van der Waals surface area contributed by atoms with E-state index in [2.05, 4.69) is 25.5 Å². The molecule has 1 unspecified atom stereocenters. The lowest BCUT2D eigenvalue weighted by molar-refractivity contribution is 0.0165. The molecule has 0 bridgehead atoms. The maximum Gasteiger partial charge on any atom is 0.410 e. The van der Waals surface area contributed by atoms with Crippen LogP contribution < -0.4 is 10.6 Å². The van der Waals surface area contributed by atoms with E-state index in [0.717, 1.165) is 5.82 Å². The number of rotatable bonds is 4. The van der Waals surface area contributed by atoms with Crippen LogP contribution in [0.25, 0.3) is 0 Å². The second-order valence-electron chi connectivity index (χ2n) is 8.26. The van der Waals surface area contributed by atoms with Crippen LogP contribution in [0.3, 0.4) is 0 Å². The summed E-state index contributed by atoms with van der Waals surface area (Å²) in [6.45, 7) is 11.7. The molecule has 1 aromatic heterocycles. The maximum absolute atomic E-state index is 12.3. The first-order valence-electron chi connectivity index (χ1n) is 10.4. The molecule has 3 heterocycles. The number of aliphatic imine (C=N–C) groups is 1. The summed E-state index contributed by atoms with van der Waals surface area (Å²) in [5.74, 6) is 0.833. The number of hydrogen-bond donors (Lipinski definition) is 2. The van der Waals surface area contributed by atoms with Crippen molar-refractivity contribution in [2.24, 2.45) is 4.99 Å². The fourth-order valence-corrected chi connectivity index (χ4v) is 4.20. The Bertz CT molecular complexity index is 918. The molecule has 2 aliphatic heterocycles. The van der Waals surface area contributed by atoms with Gasteiger partial charge in [-0.05, 0) is 40.7 Å². The maximum atomic E-state index is 12.3. The Kier molecular flexibility index (Phi) is 7.50. The Morgan fingerprint density at radius 2 is 2.00 bits per heavy atom. The van der Waals surface area contributed by atoms with Crippen LogP contribution in [-0.4, -0.2) is 76.7 Å². The molecule has 2 aliphatic rings. The minimum atomic E-state index is -0.566. The molecule has 1 saturated heterocycles. The van der Waals surface area contributed by atoms with Gasteiger partial charge in [0.15, 0.2) is 5.13 Å². The number of aromatic nitrogens is 1. The van der Waals surface area contributed by atoms with Crippen molar-refractivity contribution < 1.29 is 19.1 Å². The molecule has 2 N–H and O–H groups in total. The van der Waals surface area contributed by atoms with Crippen molar-refractivity contribution >= 4 is 46.1 Å². The van der Waals surface area contributed by atoms with Gasteiger partial charge >= 0.3 is 12.1 Å². The Hall–Kier alpha value is -2.53. The van der Waals surface area contributed by atoms with Gasteiger partial charge in [-0.1, -0.05) is 22.9 Å². The number of esters is 1. The first-order valence-corrected chi connectivity index (χ1v) is 11.7. The van der Waals surface area contributed by atoms with Gasteiger partial charge in [0.05, 0.1) is 12.3 Å². The number of hydrogen-bond acceptors (Lipinski definition) is 10. The van der Waals surface area contributed by atoms with E-state index in [4.69, 9.17) is 21.1 Å². The van der Waals surface area contributed by atoms with E-state index in [1.807, 2.05) is 26.8 Å². The highest BCUT2D eigenvalue weighted by atomic mass is 35.5. The van der Waals surface area contributed by atoms with Crippen LogP contribution in [-0.2, 0) is 9.47 Å². The van der Waals surface area contributed by atoms with E-state index in [-0.39, 0.29) is 6.09 Å². The van der Waals surface area contributed by atoms with Crippen LogP contribution in [0.4, 0.5) is 9.93 Å². The Morgan fingerprint density at radius 1 is 1.31 bits per heavy atom. The van der Waals surface area contributed by atoms with Crippen molar-refractivity contribution in [2.75, 3.05) is 38.1 Å². The molecule has 1 fully saturated rings. The Balaban J connectivity index is 1.59. The summed E-state index contributed by atoms with van der Waals surface area (Å²) < 4.78 is 10.5. The highest BCUT2D eigenvalue weighted by molar-refractivity contribution is 7.17. The molecule has 12 heteroatoms. The fraction of sp³-hybridized carbons (Fsp3) is 0.600. The Labute approximate surface area is 196 Å². The van der Waals surface area contributed by atoms with Gasteiger partial charge in [0.2, 0.25) is 5.96 Å². The predicted molar refractivity (Wildman–Crippen MR) is 124 cm³/mol. The highest BCUT2D eigenvalue weighted by Gasteiger charge is 2.28. The lowest BCUT2D eigenvalue weighted by Gasteiger charge is -2.38. The standard InChI is InChI=1S/C20H29ClN6O4S/c1-6-30-16(28)15-12(2)22-18(32-15)25-17-23-13(21)11-14(24-17)26-7-9-27(10-8-26)19(29)31-20(3,4)5/h11,13H,6-10H2,1-5H3,(H2,22,23,24,25). The molecule has 0 spiro atoms. The van der Waals surface area contributed by atoms with Crippen molar-refractivity contribution in [2.45, 2.75) is 45.7 Å². The molecule has 0 saturated carbocycles. The molecule has 3 rings (SSSR count). The summed E-state index contributed by atoms with van der Waals surface area (Å²) in [6, 6.07) is 0. The minimum Gasteiger partial charge on any atom is -0.462 e. The quantitative estimate of drug-likeness (QED) is 0.381. The molecule has 176 valence electrons. The van der Waals surface area contributed by atoms with Crippen LogP contribution in [0.15, 0.2) is 16.9 Å². The van der Waals surface area contributed by atoms with Gasteiger partial charge in [-0.25, -0.2) is 19.6 Å². The van der Waals surface area contributed by atoms with Gasteiger partial charge in [-0.3, -0.25) is 0 Å². The summed E-state index contributed by atoms with van der Waals surface area (Å²) in [5.41, 5.74) is -0.502. The number of ether oxygens (including phenoxy) is 2. The molecule has 10 nitrogen and oxygen atoms in total. The van der Waals surface area contributed by atoms with Crippen LogP contribution in [0.2, 0.25) is 0 Å². The fourth-order valence-electron chi connectivity index (χ4n) is 3.13. The molecule has 1 aromatic rings. The number of alkyl halides is 1. The smallest absolute Gasteiger partial charge is 0.410 e. The monoisotopic (exact) mass is 484 g/mol. The molecule has 32 heavy (non-hydrogen) atoms. The number of amides is 1. The first-order chi connectivity index (χ1) is 15.1. The van der Waals surface area contributed by atoms with Crippen LogP contribution in [0.5, 0.6) is 0 Å². The summed E-state index contributed by atoms with van der Waals surface area (Å²) in [7, 11) is 0. The average Bonchev–Trinajstić information content (AvgIpc) is 3.06. The topological polar surface area (TPSA) is 108 Å². The van der Waals surface area contributed by atoms with Gasteiger partial charge in [-0.15, -0.1) is 0 Å². The third kappa shape index (κ3) is 6.26. The van der Waals surface area contributed by atoms with Crippen molar-refractivity contribution in [3.63, 3.8) is 0 Å². The largest absolute Gasteiger partial charge is 0.462 e. The van der Waals surface area contributed by atoms with E-state index in [1.165, 1.54) is 11.3 Å². The van der Waals surface area contributed by atoms with Gasteiger partial charge in [0.25, 0.3) is 0 Å². The second kappa shape index (κ2) is 9.95. The van der Waals surface area contributed by atoms with Crippen LogP contribution in [0, 0.1) is 6.92 Å². The lowest BCUT2D eigenvalue weighted by Crippen LogP contribution is -2.52. The van der Waals surface area contributed by atoms with Gasteiger partial charge in [0.1, 0.15) is 21.8 Å². The summed E-state index contributed by atoms with van der Waals surface area (Å²) in [5, 5.41) is 6.83. The van der Waals surface area contributed by atoms with Crippen molar-refractivity contribution in [3.05, 3.63) is 22.5 Å². The van der Waals surface area contributed by atoms with Gasteiger partial charge < -0.3 is 29.9 Å². The van der Waals surface area contributed by atoms with Crippen molar-refractivity contribution in [1.82, 2.24) is 20.1 Å². The van der Waals surface area contributed by atoms with E-state index in [0.29, 0.717) is 54.4 Å². The molecule has 1 amide bonds. The zero-order chi connectivity index (χ0) is 23.5. The second-order valence-corrected chi connectivity index (χ2v) is 9.71. The molecular weight excluding hydrogens is 456 g/mol. The van der Waals surface area contributed by atoms with Gasteiger partial charge in [-0.2, -0.15) is 0 Å². The molecule has 0 aromatic carbocycles. The normalized spacial score (nSPS) is 19.0. The third-order valence-electron chi connectivity index (χ3n) is 4.55. The third-order valence-corrected chi connectivity index (χ3v) is 5.83. The number of nitrogens with zero attached hydrogens (tertiary/aromatic N) is 4. The number of anilines is 1. The number of carbonyl (C=O) groups excluding carboxylic acids is 2. The summed E-state index contributed by atoms with van der Waals surface area (Å²) in [4.78, 5) is 37.3. The summed E-state index contributed by atoms with van der Waals surface area (Å²) in [6.07, 6.45) is 1.51. The van der Waals surface area contributed by atoms with E-state index in [1.54, 1.807) is 18.7 Å². The first kappa shape index (κ1) is 24.1. The van der Waals surface area contributed by atoms with Crippen molar-refractivity contribution in [1.29, 1.82) is 0 Å². The van der Waals surface area contributed by atoms with Crippen molar-refractivity contribution in [3.8, 4) is 0 Å². The number of guanidine groups is 1. The Morgan fingerprint density at radius 3 is 2.62 bits per heavy atom. The number of carbonyl (C=O) groups is 2. The minimum absolute atomic E-state index is 0.302. The summed E-state index contributed by atoms with van der Waals surface area (Å²) >= 11 is 7.52. The number of halogens is 1. The number of aryl methyl sites for hydroxylation is 1. The van der Waals surface area contributed by atoms with Crippen LogP contribution in [0.1, 0.15) is 43.1 Å². The van der Waals surface area contributed by atoms with E-state index in [9.17, 15) is 9.59 Å². The molecular formula is C20H29ClN6O4S. The lowest BCUT2D eigenvalue weighted by atomic mass is 10.2. The molecule has 1 atom stereocenters. The zero-order valence-corrected chi connectivity index (χ0v) is 20.5. The highest BCUT2D eigenvalue weighted by Crippen LogP contribution is 2.24. The van der Waals surface area contributed by atoms with Crippen LogP contribution >= 0.6 is 22.9 Å². The number of thiazole rings is 1.